The molecule has 162 valence electrons. The van der Waals surface area contributed by atoms with Gasteiger partial charge in [0, 0.05) is 44.0 Å². The van der Waals surface area contributed by atoms with Gasteiger partial charge in [0.15, 0.2) is 0 Å². The molecule has 30 heavy (non-hydrogen) atoms. The quantitative estimate of drug-likeness (QED) is 0.629. The third kappa shape index (κ3) is 4.71. The Morgan fingerprint density at radius 2 is 2.13 bits per heavy atom. The lowest BCUT2D eigenvalue weighted by Crippen LogP contribution is -2.25. The van der Waals surface area contributed by atoms with Gasteiger partial charge in [0.2, 0.25) is 5.43 Å². The van der Waals surface area contributed by atoms with Crippen LogP contribution in [0.25, 0.3) is 11.3 Å². The summed E-state index contributed by atoms with van der Waals surface area (Å²) in [6.07, 6.45) is 0.952. The van der Waals surface area contributed by atoms with Crippen LogP contribution >= 0.6 is 11.6 Å². The van der Waals surface area contributed by atoms with Gasteiger partial charge in [-0.2, -0.15) is 0 Å². The molecule has 2 aromatic rings. The van der Waals surface area contributed by atoms with E-state index in [-0.39, 0.29) is 17.6 Å². The van der Waals surface area contributed by atoms with E-state index in [4.69, 9.17) is 30.9 Å². The highest BCUT2D eigenvalue weighted by Gasteiger charge is 2.27. The summed E-state index contributed by atoms with van der Waals surface area (Å²) in [7, 11) is 1.63. The molecule has 2 heterocycles. The molecule has 1 aromatic heterocycles. The van der Waals surface area contributed by atoms with Gasteiger partial charge < -0.3 is 23.9 Å². The zero-order chi connectivity index (χ0) is 21.8. The number of anilines is 1. The molecule has 0 aliphatic carbocycles. The fourth-order valence-corrected chi connectivity index (χ4v) is 3.59. The van der Waals surface area contributed by atoms with Crippen LogP contribution in [-0.2, 0) is 4.74 Å². The van der Waals surface area contributed by atoms with Crippen LogP contribution in [-0.4, -0.2) is 42.7 Å². The van der Waals surface area contributed by atoms with Gasteiger partial charge in [-0.15, -0.1) is 0 Å². The zero-order valence-electron chi connectivity index (χ0n) is 17.1. The van der Waals surface area contributed by atoms with E-state index in [0.717, 1.165) is 6.42 Å². The number of fused-ring (bicyclic) bond motifs is 3. The van der Waals surface area contributed by atoms with Crippen molar-refractivity contribution in [2.75, 3.05) is 32.2 Å². The number of rotatable bonds is 7. The van der Waals surface area contributed by atoms with Gasteiger partial charge in [-0.05, 0) is 12.0 Å². The second kappa shape index (κ2) is 9.40. The standard InChI is InChI=1S/C21H25ClN2O6/c1-12(2)17-11-30-19-9-20(29-6-4-5-28-3)14(22)7-13(19)16-8-18(25)15(10-24(16)17)23-21(26)27/h7-10,12,17,23H,4-6,11H2,1-3H3,(H,26,27)/t17-/m0/s1. The summed E-state index contributed by atoms with van der Waals surface area (Å²) in [5.74, 6) is 1.21. The third-order valence-electron chi connectivity index (χ3n) is 4.92. The van der Waals surface area contributed by atoms with Gasteiger partial charge in [0.25, 0.3) is 0 Å². The molecule has 0 saturated heterocycles. The molecule has 9 heteroatoms. The smallest absolute Gasteiger partial charge is 0.409 e. The van der Waals surface area contributed by atoms with E-state index in [9.17, 15) is 9.59 Å². The minimum absolute atomic E-state index is 0.00968. The maximum absolute atomic E-state index is 12.5. The average Bonchev–Trinajstić information content (AvgIpc) is 2.82. The molecular weight excluding hydrogens is 412 g/mol. The summed E-state index contributed by atoms with van der Waals surface area (Å²) >= 11 is 6.44. The first kappa shape index (κ1) is 22.0. The highest BCUT2D eigenvalue weighted by atomic mass is 35.5. The van der Waals surface area contributed by atoms with E-state index in [0.29, 0.717) is 47.6 Å². The second-order valence-corrected chi connectivity index (χ2v) is 7.78. The Morgan fingerprint density at radius 1 is 1.37 bits per heavy atom. The summed E-state index contributed by atoms with van der Waals surface area (Å²) in [6, 6.07) is 4.72. The van der Waals surface area contributed by atoms with Crippen LogP contribution < -0.4 is 20.2 Å². The van der Waals surface area contributed by atoms with Crippen molar-refractivity contribution in [1.82, 2.24) is 4.57 Å². The first-order valence-electron chi connectivity index (χ1n) is 9.66. The zero-order valence-corrected chi connectivity index (χ0v) is 17.9. The number of methoxy groups -OCH3 is 1. The number of benzene rings is 1. The van der Waals surface area contributed by atoms with Crippen molar-refractivity contribution in [3.63, 3.8) is 0 Å². The Kier molecular flexibility index (Phi) is 6.89. The van der Waals surface area contributed by atoms with Crippen molar-refractivity contribution in [3.8, 4) is 22.8 Å². The van der Waals surface area contributed by atoms with Crippen molar-refractivity contribution in [3.05, 3.63) is 39.6 Å². The second-order valence-electron chi connectivity index (χ2n) is 7.37. The molecule has 1 aliphatic heterocycles. The molecule has 0 spiro atoms. The minimum Gasteiger partial charge on any atom is -0.492 e. The van der Waals surface area contributed by atoms with Gasteiger partial charge in [-0.3, -0.25) is 10.1 Å². The van der Waals surface area contributed by atoms with Gasteiger partial charge in [-0.1, -0.05) is 25.4 Å². The van der Waals surface area contributed by atoms with E-state index >= 15 is 0 Å². The third-order valence-corrected chi connectivity index (χ3v) is 5.21. The van der Waals surface area contributed by atoms with Crippen molar-refractivity contribution in [2.24, 2.45) is 5.92 Å². The van der Waals surface area contributed by atoms with E-state index in [1.54, 1.807) is 19.2 Å². The largest absolute Gasteiger partial charge is 0.492 e. The molecule has 0 saturated carbocycles. The molecule has 1 atom stereocenters. The molecule has 1 aromatic carbocycles. The summed E-state index contributed by atoms with van der Waals surface area (Å²) < 4.78 is 18.7. The molecular formula is C21H25ClN2O6. The van der Waals surface area contributed by atoms with E-state index in [1.165, 1.54) is 12.3 Å². The fraction of sp³-hybridized carbons (Fsp3) is 0.429. The predicted molar refractivity (Wildman–Crippen MR) is 114 cm³/mol. The molecule has 2 N–H and O–H groups in total. The molecule has 0 radical (unpaired) electrons. The van der Waals surface area contributed by atoms with E-state index < -0.39 is 11.5 Å². The van der Waals surface area contributed by atoms with Crippen molar-refractivity contribution < 1.29 is 24.1 Å². The number of nitrogens with zero attached hydrogens (tertiary/aromatic N) is 1. The first-order chi connectivity index (χ1) is 14.3. The van der Waals surface area contributed by atoms with E-state index in [2.05, 4.69) is 5.32 Å². The van der Waals surface area contributed by atoms with Gasteiger partial charge in [-0.25, -0.2) is 4.79 Å². The predicted octanol–water partition coefficient (Wildman–Crippen LogP) is 4.26. The number of aromatic nitrogens is 1. The first-order valence-corrected chi connectivity index (χ1v) is 10.0. The van der Waals surface area contributed by atoms with Crippen LogP contribution in [0, 0.1) is 5.92 Å². The van der Waals surface area contributed by atoms with Crippen LogP contribution in [0.15, 0.2) is 29.2 Å². The minimum atomic E-state index is -1.29. The van der Waals surface area contributed by atoms with Gasteiger partial charge in [0.1, 0.15) is 23.8 Å². The Labute approximate surface area is 179 Å². The molecule has 0 bridgehead atoms. The number of ether oxygens (including phenoxy) is 3. The lowest BCUT2D eigenvalue weighted by atomic mass is 10.0. The lowest BCUT2D eigenvalue weighted by molar-refractivity contribution is 0.172. The average molecular weight is 437 g/mol. The highest BCUT2D eigenvalue weighted by Crippen LogP contribution is 2.42. The van der Waals surface area contributed by atoms with Crippen LogP contribution in [0.1, 0.15) is 26.3 Å². The number of hydrogen-bond donors (Lipinski definition) is 2. The number of nitrogens with one attached hydrogen (secondary N) is 1. The number of hydrogen-bond acceptors (Lipinski definition) is 5. The number of carboxylic acid groups (broad SMARTS) is 1. The summed E-state index contributed by atoms with van der Waals surface area (Å²) in [5, 5.41) is 11.6. The number of amides is 1. The molecule has 1 aliphatic rings. The molecule has 3 rings (SSSR count). The number of carbonyl (C=O) groups is 1. The Balaban J connectivity index is 2.07. The summed E-state index contributed by atoms with van der Waals surface area (Å²) in [5.41, 5.74) is 0.806. The van der Waals surface area contributed by atoms with Crippen molar-refractivity contribution in [1.29, 1.82) is 0 Å². The highest BCUT2D eigenvalue weighted by molar-refractivity contribution is 6.32. The van der Waals surface area contributed by atoms with Crippen molar-refractivity contribution >= 4 is 23.4 Å². The normalized spacial score (nSPS) is 15.0. The molecule has 0 fully saturated rings. The monoisotopic (exact) mass is 436 g/mol. The topological polar surface area (TPSA) is 99.0 Å². The maximum atomic E-state index is 12.5. The Morgan fingerprint density at radius 3 is 2.80 bits per heavy atom. The van der Waals surface area contributed by atoms with Crippen molar-refractivity contribution in [2.45, 2.75) is 26.3 Å². The van der Waals surface area contributed by atoms with Crippen LogP contribution in [0.2, 0.25) is 5.02 Å². The van der Waals surface area contributed by atoms with Crippen LogP contribution in [0.3, 0.4) is 0 Å². The number of halogens is 1. The van der Waals surface area contributed by atoms with Crippen LogP contribution in [0.5, 0.6) is 11.5 Å². The molecule has 1 amide bonds. The fourth-order valence-electron chi connectivity index (χ4n) is 3.37. The summed E-state index contributed by atoms with van der Waals surface area (Å²) in [4.78, 5) is 23.6. The molecule has 0 unspecified atom stereocenters. The maximum Gasteiger partial charge on any atom is 0.409 e. The van der Waals surface area contributed by atoms with Crippen LogP contribution in [0.4, 0.5) is 10.5 Å². The Bertz CT molecular complexity index is 988. The van der Waals surface area contributed by atoms with Gasteiger partial charge in [0.05, 0.1) is 23.4 Å². The summed E-state index contributed by atoms with van der Waals surface area (Å²) in [6.45, 7) is 5.44. The number of pyridine rings is 1. The molecule has 8 nitrogen and oxygen atoms in total. The Hall–Kier alpha value is -2.71. The van der Waals surface area contributed by atoms with E-state index in [1.807, 2.05) is 18.4 Å². The SMILES string of the molecule is COCCCOc1cc2c(cc1Cl)-c1cc(=O)c(NC(=O)O)cn1[C@H](C(C)C)CO2. The van der Waals surface area contributed by atoms with Gasteiger partial charge >= 0.3 is 6.09 Å². The lowest BCUT2D eigenvalue weighted by Gasteiger charge is -2.24.